The summed E-state index contributed by atoms with van der Waals surface area (Å²) in [7, 11) is 0. The molecule has 1 unspecified atom stereocenters. The highest BCUT2D eigenvalue weighted by Crippen LogP contribution is 2.42. The van der Waals surface area contributed by atoms with Gasteiger partial charge in [0.2, 0.25) is 0 Å². The molecule has 0 aromatic heterocycles. The highest BCUT2D eigenvalue weighted by Gasteiger charge is 2.54. The van der Waals surface area contributed by atoms with Gasteiger partial charge in [-0.1, -0.05) is 13.8 Å². The molecule has 0 aromatic carbocycles. The van der Waals surface area contributed by atoms with E-state index in [1.807, 2.05) is 0 Å². The fraction of sp³-hybridized carbons (Fsp3) is 0.938. The van der Waals surface area contributed by atoms with Gasteiger partial charge in [-0.05, 0) is 51.4 Å². The van der Waals surface area contributed by atoms with E-state index in [4.69, 9.17) is 0 Å². The van der Waals surface area contributed by atoms with Crippen molar-refractivity contribution in [2.75, 3.05) is 13.1 Å². The van der Waals surface area contributed by atoms with Gasteiger partial charge in [0, 0.05) is 25.2 Å². The van der Waals surface area contributed by atoms with E-state index in [2.05, 4.69) is 37.9 Å². The van der Waals surface area contributed by atoms with Crippen molar-refractivity contribution >= 4 is 5.97 Å². The van der Waals surface area contributed by atoms with Crippen LogP contribution in [0.2, 0.25) is 0 Å². The van der Waals surface area contributed by atoms with Crippen molar-refractivity contribution in [3.63, 3.8) is 0 Å². The number of carbonyl (C=O) groups is 1. The monoisotopic (exact) mass is 282 g/mol. The Labute approximate surface area is 122 Å². The van der Waals surface area contributed by atoms with E-state index in [1.54, 1.807) is 0 Å². The van der Waals surface area contributed by atoms with Crippen molar-refractivity contribution < 1.29 is 9.90 Å². The topological polar surface area (TPSA) is 52.6 Å². The molecule has 2 saturated carbocycles. The minimum Gasteiger partial charge on any atom is -0.480 e. The smallest absolute Gasteiger partial charge is 0.325 e. The SMILES string of the molecule is CC(C)CN(CC(NC1CC1)(C(=O)O)C1CC1)C(C)C. The van der Waals surface area contributed by atoms with E-state index in [0.717, 1.165) is 32.2 Å². The van der Waals surface area contributed by atoms with Crippen LogP contribution in [0.5, 0.6) is 0 Å². The van der Waals surface area contributed by atoms with Crippen LogP contribution < -0.4 is 5.32 Å². The van der Waals surface area contributed by atoms with Crippen molar-refractivity contribution in [2.24, 2.45) is 11.8 Å². The van der Waals surface area contributed by atoms with Gasteiger partial charge in [0.25, 0.3) is 0 Å². The maximum Gasteiger partial charge on any atom is 0.325 e. The Bertz CT molecular complexity index is 348. The van der Waals surface area contributed by atoms with Gasteiger partial charge in [-0.2, -0.15) is 0 Å². The van der Waals surface area contributed by atoms with Crippen molar-refractivity contribution in [3.8, 4) is 0 Å². The van der Waals surface area contributed by atoms with Gasteiger partial charge in [0.15, 0.2) is 0 Å². The van der Waals surface area contributed by atoms with Gasteiger partial charge in [0.05, 0.1) is 0 Å². The zero-order valence-corrected chi connectivity index (χ0v) is 13.4. The third kappa shape index (κ3) is 3.73. The minimum atomic E-state index is -0.722. The maximum absolute atomic E-state index is 12.0. The molecule has 2 fully saturated rings. The van der Waals surface area contributed by atoms with E-state index in [-0.39, 0.29) is 0 Å². The number of carboxylic acid groups (broad SMARTS) is 1. The molecule has 2 rings (SSSR count). The number of nitrogens with zero attached hydrogens (tertiary/aromatic N) is 1. The van der Waals surface area contributed by atoms with Crippen LogP contribution in [0.15, 0.2) is 0 Å². The summed E-state index contributed by atoms with van der Waals surface area (Å²) in [5, 5.41) is 13.4. The number of aliphatic carboxylic acids is 1. The van der Waals surface area contributed by atoms with E-state index < -0.39 is 11.5 Å². The molecule has 0 aromatic rings. The summed E-state index contributed by atoms with van der Waals surface area (Å²) in [4.78, 5) is 14.4. The lowest BCUT2D eigenvalue weighted by Gasteiger charge is -2.39. The van der Waals surface area contributed by atoms with E-state index >= 15 is 0 Å². The van der Waals surface area contributed by atoms with E-state index in [1.165, 1.54) is 0 Å². The molecule has 1 atom stereocenters. The highest BCUT2D eigenvalue weighted by atomic mass is 16.4. The fourth-order valence-electron chi connectivity index (χ4n) is 3.01. The molecule has 0 saturated heterocycles. The molecule has 0 aliphatic heterocycles. The molecular weight excluding hydrogens is 252 g/mol. The Kier molecular flexibility index (Phi) is 4.75. The second-order valence-electron chi connectivity index (χ2n) is 7.39. The lowest BCUT2D eigenvalue weighted by atomic mass is 9.91. The molecule has 0 heterocycles. The summed E-state index contributed by atoms with van der Waals surface area (Å²) in [5.41, 5.74) is -0.722. The molecule has 116 valence electrons. The first-order chi connectivity index (χ1) is 9.35. The molecule has 2 aliphatic carbocycles. The number of carboxylic acids is 1. The largest absolute Gasteiger partial charge is 0.480 e. The minimum absolute atomic E-state index is 0.314. The van der Waals surface area contributed by atoms with Gasteiger partial charge in [-0.3, -0.25) is 15.0 Å². The quantitative estimate of drug-likeness (QED) is 0.681. The number of hydrogen-bond donors (Lipinski definition) is 2. The standard InChI is InChI=1S/C16H30N2O2/c1-11(2)9-18(12(3)4)10-16(15(19)20,13-5-6-13)17-14-7-8-14/h11-14,17H,5-10H2,1-4H3,(H,19,20). The van der Waals surface area contributed by atoms with Crippen molar-refractivity contribution in [1.82, 2.24) is 10.2 Å². The van der Waals surface area contributed by atoms with Crippen molar-refractivity contribution in [3.05, 3.63) is 0 Å². The molecule has 4 heteroatoms. The summed E-state index contributed by atoms with van der Waals surface area (Å²) in [6, 6.07) is 0.815. The average Bonchev–Trinajstić information content (AvgIpc) is 3.19. The van der Waals surface area contributed by atoms with Gasteiger partial charge in [-0.15, -0.1) is 0 Å². The van der Waals surface area contributed by atoms with Crippen LogP contribution in [-0.4, -0.2) is 46.7 Å². The average molecular weight is 282 g/mol. The van der Waals surface area contributed by atoms with Crippen LogP contribution in [0.1, 0.15) is 53.4 Å². The molecule has 20 heavy (non-hydrogen) atoms. The molecule has 0 radical (unpaired) electrons. The Hall–Kier alpha value is -0.610. The first kappa shape index (κ1) is 15.8. The Morgan fingerprint density at radius 2 is 1.85 bits per heavy atom. The second kappa shape index (κ2) is 6.02. The fourth-order valence-corrected chi connectivity index (χ4v) is 3.01. The Morgan fingerprint density at radius 3 is 2.20 bits per heavy atom. The first-order valence-corrected chi connectivity index (χ1v) is 8.10. The van der Waals surface area contributed by atoms with E-state index in [0.29, 0.717) is 30.5 Å². The van der Waals surface area contributed by atoms with Crippen LogP contribution in [0, 0.1) is 11.8 Å². The third-order valence-corrected chi connectivity index (χ3v) is 4.48. The molecule has 2 N–H and O–H groups in total. The molecule has 0 amide bonds. The van der Waals surface area contributed by atoms with Crippen LogP contribution in [0.4, 0.5) is 0 Å². The normalized spacial score (nSPS) is 22.6. The zero-order valence-electron chi connectivity index (χ0n) is 13.4. The van der Waals surface area contributed by atoms with Gasteiger partial charge in [-0.25, -0.2) is 0 Å². The second-order valence-corrected chi connectivity index (χ2v) is 7.39. The number of rotatable bonds is 9. The van der Waals surface area contributed by atoms with Crippen LogP contribution in [-0.2, 0) is 4.79 Å². The van der Waals surface area contributed by atoms with Gasteiger partial charge < -0.3 is 5.11 Å². The number of hydrogen-bond acceptors (Lipinski definition) is 3. The Morgan fingerprint density at radius 1 is 1.25 bits per heavy atom. The van der Waals surface area contributed by atoms with Crippen LogP contribution in [0.3, 0.4) is 0 Å². The summed E-state index contributed by atoms with van der Waals surface area (Å²) in [6.07, 6.45) is 4.38. The van der Waals surface area contributed by atoms with Gasteiger partial charge in [0.1, 0.15) is 5.54 Å². The summed E-state index contributed by atoms with van der Waals surface area (Å²) >= 11 is 0. The van der Waals surface area contributed by atoms with Crippen molar-refractivity contribution in [2.45, 2.75) is 71.0 Å². The van der Waals surface area contributed by atoms with Crippen LogP contribution in [0.25, 0.3) is 0 Å². The summed E-state index contributed by atoms with van der Waals surface area (Å²) in [5.74, 6) is 0.222. The predicted molar refractivity (Wildman–Crippen MR) is 80.8 cm³/mol. The maximum atomic E-state index is 12.0. The van der Waals surface area contributed by atoms with Crippen molar-refractivity contribution in [1.29, 1.82) is 0 Å². The summed E-state index contributed by atoms with van der Waals surface area (Å²) in [6.45, 7) is 10.3. The zero-order chi connectivity index (χ0) is 14.9. The molecule has 0 bridgehead atoms. The lowest BCUT2D eigenvalue weighted by Crippen LogP contribution is -2.62. The highest BCUT2D eigenvalue weighted by molar-refractivity contribution is 5.80. The first-order valence-electron chi connectivity index (χ1n) is 8.10. The lowest BCUT2D eigenvalue weighted by molar-refractivity contribution is -0.147. The third-order valence-electron chi connectivity index (χ3n) is 4.48. The van der Waals surface area contributed by atoms with E-state index in [9.17, 15) is 9.90 Å². The summed E-state index contributed by atoms with van der Waals surface area (Å²) < 4.78 is 0. The number of nitrogens with one attached hydrogen (secondary N) is 1. The van der Waals surface area contributed by atoms with Crippen LogP contribution >= 0.6 is 0 Å². The molecule has 2 aliphatic rings. The molecular formula is C16H30N2O2. The Balaban J connectivity index is 2.13. The molecule has 0 spiro atoms. The molecule has 4 nitrogen and oxygen atoms in total. The predicted octanol–water partition coefficient (Wildman–Crippen LogP) is 2.34. The van der Waals surface area contributed by atoms with Gasteiger partial charge >= 0.3 is 5.97 Å².